The minimum atomic E-state index is -1.85. The van der Waals surface area contributed by atoms with Crippen LogP contribution in [0.1, 0.15) is 5.56 Å². The van der Waals surface area contributed by atoms with Gasteiger partial charge in [0.2, 0.25) is 5.90 Å². The molecular weight excluding hydrogens is 285 g/mol. The molecule has 0 spiro atoms. The molecule has 0 atom stereocenters. The van der Waals surface area contributed by atoms with Crippen LogP contribution in [0.4, 0.5) is 5.69 Å². The molecule has 108 valence electrons. The fourth-order valence-corrected chi connectivity index (χ4v) is 1.57. The lowest BCUT2D eigenvalue weighted by molar-refractivity contribution is 0.401. The number of nitrogens with zero attached hydrogens (tertiary/aromatic N) is 3. The first-order valence-electron chi connectivity index (χ1n) is 5.83. The summed E-state index contributed by atoms with van der Waals surface area (Å²) in [7, 11) is -0.547. The quantitative estimate of drug-likeness (QED) is 0.254. The van der Waals surface area contributed by atoms with E-state index >= 15 is 0 Å². The number of nitriles is 3. The molecule has 0 aromatic heterocycles. The van der Waals surface area contributed by atoms with Gasteiger partial charge in [-0.25, -0.2) is 0 Å². The van der Waals surface area contributed by atoms with Gasteiger partial charge in [0.25, 0.3) is 0 Å². The molecule has 4 N–H and O–H groups in total. The lowest BCUT2D eigenvalue weighted by Crippen LogP contribution is -2.32. The molecule has 1 aromatic carbocycles. The molecule has 1 aromatic rings. The molecule has 0 saturated heterocycles. The van der Waals surface area contributed by atoms with Gasteiger partial charge in [-0.2, -0.15) is 15.8 Å². The Hall–Kier alpha value is -3.32. The number of nitrogens with one attached hydrogen (secondary N) is 2. The molecule has 0 saturated carbocycles. The van der Waals surface area contributed by atoms with E-state index in [0.29, 0.717) is 5.56 Å². The van der Waals surface area contributed by atoms with E-state index in [0.717, 1.165) is 0 Å². The van der Waals surface area contributed by atoms with Gasteiger partial charge in [-0.1, -0.05) is 6.07 Å². The van der Waals surface area contributed by atoms with Crippen LogP contribution in [0.3, 0.4) is 0 Å². The van der Waals surface area contributed by atoms with Crippen LogP contribution in [0.25, 0.3) is 0 Å². The zero-order valence-corrected chi connectivity index (χ0v) is 11.5. The third-order valence-corrected chi connectivity index (χ3v) is 2.64. The third-order valence-electron chi connectivity index (χ3n) is 2.64. The van der Waals surface area contributed by atoms with Crippen molar-refractivity contribution in [2.75, 3.05) is 12.4 Å². The van der Waals surface area contributed by atoms with Crippen LogP contribution in [0.2, 0.25) is 0 Å². The number of ether oxygens (including phenoxy) is 1. The third kappa shape index (κ3) is 3.62. The minimum absolute atomic E-state index is 0.00985. The zero-order valence-electron chi connectivity index (χ0n) is 11.5. The van der Waals surface area contributed by atoms with Crippen molar-refractivity contribution in [1.29, 1.82) is 21.2 Å². The van der Waals surface area contributed by atoms with Crippen LogP contribution in [0.15, 0.2) is 29.5 Å². The topological polar surface area (TPSA) is 157 Å². The Morgan fingerprint density at radius 1 is 1.23 bits per heavy atom. The Labute approximate surface area is 126 Å². The lowest BCUT2D eigenvalue weighted by atomic mass is 9.78. The Balaban J connectivity index is 3.42. The molecule has 0 unspecified atom stereocenters. The van der Waals surface area contributed by atoms with E-state index in [1.54, 1.807) is 18.2 Å². The number of hydrogen-bond donors (Lipinski definition) is 4. The molecule has 1 rings (SSSR count). The number of allylic oxidation sites excluding steroid dienone is 2. The second kappa shape index (κ2) is 7.46. The van der Waals surface area contributed by atoms with Gasteiger partial charge < -0.3 is 20.1 Å². The van der Waals surface area contributed by atoms with Crippen molar-refractivity contribution in [3.63, 3.8) is 0 Å². The predicted molar refractivity (Wildman–Crippen MR) is 77.6 cm³/mol. The molecule has 22 heavy (non-hydrogen) atoms. The van der Waals surface area contributed by atoms with E-state index in [2.05, 4.69) is 5.32 Å². The van der Waals surface area contributed by atoms with Crippen LogP contribution in [0, 0.1) is 39.4 Å². The lowest BCUT2D eigenvalue weighted by Gasteiger charge is -2.13. The highest BCUT2D eigenvalue weighted by atomic mass is 16.5. The molecule has 0 fully saturated rings. The van der Waals surface area contributed by atoms with E-state index in [1.165, 1.54) is 25.3 Å². The second-order valence-electron chi connectivity index (χ2n) is 3.92. The number of anilines is 1. The SMILES string of the molecule is COC(=N)c1ccc(B(O)O)c(NC(C#N)=C(C#N)C#N)c1. The molecular formula is C13H10BN5O3. The number of rotatable bonds is 4. The highest BCUT2D eigenvalue weighted by Gasteiger charge is 2.19. The van der Waals surface area contributed by atoms with E-state index in [1.807, 2.05) is 0 Å². The molecule has 0 aliphatic carbocycles. The summed E-state index contributed by atoms with van der Waals surface area (Å²) in [5, 5.41) is 55.3. The Morgan fingerprint density at radius 2 is 1.86 bits per heavy atom. The summed E-state index contributed by atoms with van der Waals surface area (Å²) in [5.74, 6) is -0.176. The fourth-order valence-electron chi connectivity index (χ4n) is 1.57. The van der Waals surface area contributed by atoms with Gasteiger partial charge in [0.05, 0.1) is 7.11 Å². The summed E-state index contributed by atoms with van der Waals surface area (Å²) in [6.07, 6.45) is 0. The predicted octanol–water partition coefficient (Wildman–Crippen LogP) is -0.425. The monoisotopic (exact) mass is 295 g/mol. The average molecular weight is 295 g/mol. The van der Waals surface area contributed by atoms with Gasteiger partial charge in [0, 0.05) is 16.7 Å². The molecule has 0 radical (unpaired) electrons. The van der Waals surface area contributed by atoms with Crippen LogP contribution in [-0.4, -0.2) is 30.2 Å². The largest absolute Gasteiger partial charge is 0.490 e. The maximum Gasteiger partial charge on any atom is 0.490 e. The number of hydrogen-bond acceptors (Lipinski definition) is 8. The average Bonchev–Trinajstić information content (AvgIpc) is 2.53. The molecule has 0 amide bonds. The van der Waals surface area contributed by atoms with E-state index in [-0.39, 0.29) is 22.7 Å². The standard InChI is InChI=1S/C13H10BN5O3/c1-22-13(18)8-2-3-10(14(20)21)11(4-8)19-12(7-17)9(5-15)6-16/h2-4,18-21H,1H3. The normalized spacial score (nSPS) is 8.73. The highest BCUT2D eigenvalue weighted by Crippen LogP contribution is 2.14. The first-order chi connectivity index (χ1) is 10.5. The maximum atomic E-state index is 9.33. The maximum absolute atomic E-state index is 9.33. The van der Waals surface area contributed by atoms with Crippen molar-refractivity contribution in [1.82, 2.24) is 0 Å². The van der Waals surface area contributed by atoms with Gasteiger partial charge in [0.1, 0.15) is 23.9 Å². The molecule has 0 aliphatic rings. The molecule has 9 heteroatoms. The van der Waals surface area contributed by atoms with Gasteiger partial charge in [-0.05, 0) is 12.1 Å². The summed E-state index contributed by atoms with van der Waals surface area (Å²) >= 11 is 0. The number of benzene rings is 1. The van der Waals surface area contributed by atoms with Crippen molar-refractivity contribution < 1.29 is 14.8 Å². The summed E-state index contributed by atoms with van der Waals surface area (Å²) in [6, 6.07) is 8.87. The van der Waals surface area contributed by atoms with E-state index in [4.69, 9.17) is 25.9 Å². The summed E-state index contributed by atoms with van der Waals surface area (Å²) in [4.78, 5) is 0. The smallest absolute Gasteiger partial charge is 0.481 e. The fraction of sp³-hybridized carbons (Fsp3) is 0.0769. The molecule has 8 nitrogen and oxygen atoms in total. The van der Waals surface area contributed by atoms with Crippen LogP contribution in [-0.2, 0) is 4.74 Å². The Morgan fingerprint density at radius 3 is 2.32 bits per heavy atom. The van der Waals surface area contributed by atoms with Gasteiger partial charge in [-0.3, -0.25) is 5.41 Å². The molecule has 0 bridgehead atoms. The highest BCUT2D eigenvalue weighted by molar-refractivity contribution is 6.60. The second-order valence-corrected chi connectivity index (χ2v) is 3.92. The van der Waals surface area contributed by atoms with Crippen molar-refractivity contribution >= 4 is 24.2 Å². The summed E-state index contributed by atoms with van der Waals surface area (Å²) in [6.45, 7) is 0. The van der Waals surface area contributed by atoms with Crippen molar-refractivity contribution in [3.05, 3.63) is 35.0 Å². The first-order valence-corrected chi connectivity index (χ1v) is 5.83. The van der Waals surface area contributed by atoms with Gasteiger partial charge in [-0.15, -0.1) is 0 Å². The molecule has 0 heterocycles. The summed E-state index contributed by atoms with van der Waals surface area (Å²) < 4.78 is 4.76. The van der Waals surface area contributed by atoms with E-state index in [9.17, 15) is 10.0 Å². The number of methoxy groups -OCH3 is 1. The van der Waals surface area contributed by atoms with E-state index < -0.39 is 12.7 Å². The van der Waals surface area contributed by atoms with Crippen molar-refractivity contribution in [3.8, 4) is 18.2 Å². The van der Waals surface area contributed by atoms with Crippen LogP contribution < -0.4 is 10.8 Å². The molecule has 0 aliphatic heterocycles. The van der Waals surface area contributed by atoms with Crippen LogP contribution in [0.5, 0.6) is 0 Å². The first kappa shape index (κ1) is 16.7. The zero-order chi connectivity index (χ0) is 16.7. The van der Waals surface area contributed by atoms with Gasteiger partial charge in [0.15, 0.2) is 5.57 Å². The van der Waals surface area contributed by atoms with Crippen molar-refractivity contribution in [2.45, 2.75) is 0 Å². The minimum Gasteiger partial charge on any atom is -0.481 e. The van der Waals surface area contributed by atoms with Gasteiger partial charge >= 0.3 is 7.12 Å². The van der Waals surface area contributed by atoms with Crippen molar-refractivity contribution in [2.24, 2.45) is 0 Å². The van der Waals surface area contributed by atoms with Crippen LogP contribution >= 0.6 is 0 Å². The Kier molecular flexibility index (Phi) is 5.68. The Bertz CT molecular complexity index is 736. The summed E-state index contributed by atoms with van der Waals surface area (Å²) in [5.41, 5.74) is -0.410.